The molecular formula is C18H22O5S2. The molecule has 7 heteroatoms. The fourth-order valence-corrected chi connectivity index (χ4v) is 5.69. The highest BCUT2D eigenvalue weighted by atomic mass is 32.2. The summed E-state index contributed by atoms with van der Waals surface area (Å²) >= 11 is 0. The molecule has 0 N–H and O–H groups in total. The van der Waals surface area contributed by atoms with Gasteiger partial charge in [-0.1, -0.05) is 0 Å². The van der Waals surface area contributed by atoms with Crippen LogP contribution in [0.3, 0.4) is 0 Å². The van der Waals surface area contributed by atoms with Gasteiger partial charge in [0.05, 0.1) is 22.8 Å². The van der Waals surface area contributed by atoms with E-state index < -0.39 is 26.1 Å². The van der Waals surface area contributed by atoms with E-state index in [1.54, 1.807) is 6.92 Å². The zero-order valence-corrected chi connectivity index (χ0v) is 16.5. The molecule has 2 rings (SSSR count). The zero-order chi connectivity index (χ0) is 18.9. The molecule has 136 valence electrons. The van der Waals surface area contributed by atoms with Crippen LogP contribution in [0.1, 0.15) is 35.2 Å². The number of hydrogen-bond donors (Lipinski definition) is 0. The van der Waals surface area contributed by atoms with Gasteiger partial charge in [0.15, 0.2) is 11.6 Å². The summed E-state index contributed by atoms with van der Waals surface area (Å²) in [5, 5.41) is 0. The quantitative estimate of drug-likeness (QED) is 0.443. The monoisotopic (exact) mass is 382 g/mol. The molecule has 0 saturated carbocycles. The molecule has 0 heterocycles. The molecule has 0 aromatic heterocycles. The number of carbonyl (C=O) groups excluding carboxylic acids is 2. The summed E-state index contributed by atoms with van der Waals surface area (Å²) in [6, 6.07) is 3.05. The summed E-state index contributed by atoms with van der Waals surface area (Å²) in [5.41, 5.74) is 0.796. The van der Waals surface area contributed by atoms with Crippen LogP contribution >= 0.6 is 0 Å². The Morgan fingerprint density at radius 1 is 1.32 bits per heavy atom. The van der Waals surface area contributed by atoms with Crippen LogP contribution in [0.4, 0.5) is 0 Å². The number of ether oxygens (including phenoxy) is 1. The molecule has 2 atom stereocenters. The average Bonchev–Trinajstić information content (AvgIpc) is 2.52. The maximum atomic E-state index is 13.0. The fraction of sp³-hybridized carbons (Fsp3) is 0.389. The van der Waals surface area contributed by atoms with Gasteiger partial charge in [0.25, 0.3) is 0 Å². The van der Waals surface area contributed by atoms with Crippen LogP contribution in [0.5, 0.6) is 0 Å². The minimum absolute atomic E-state index is 0.0595. The van der Waals surface area contributed by atoms with Crippen molar-refractivity contribution in [3.05, 3.63) is 34.6 Å². The van der Waals surface area contributed by atoms with Gasteiger partial charge in [-0.3, -0.25) is 18.0 Å². The summed E-state index contributed by atoms with van der Waals surface area (Å²) in [4.78, 5) is 26.0. The van der Waals surface area contributed by atoms with Crippen molar-refractivity contribution in [1.82, 2.24) is 0 Å². The minimum atomic E-state index is -2.60. The third-order valence-corrected chi connectivity index (χ3v) is 6.71. The van der Waals surface area contributed by atoms with E-state index in [2.05, 4.69) is 5.87 Å². The number of Topliss-reactive ketones (excluding diaryl/α,β-unsaturated/α-hetero) is 2. The largest absolute Gasteiger partial charge is 0.500 e. The Kier molecular flexibility index (Phi) is 5.68. The van der Waals surface area contributed by atoms with Crippen molar-refractivity contribution in [3.8, 4) is 0 Å². The van der Waals surface area contributed by atoms with Crippen molar-refractivity contribution >= 4 is 37.8 Å². The van der Waals surface area contributed by atoms with Gasteiger partial charge in [-0.25, -0.2) is 0 Å². The Morgan fingerprint density at radius 2 is 1.96 bits per heavy atom. The van der Waals surface area contributed by atoms with Crippen LogP contribution in [-0.4, -0.2) is 45.5 Å². The molecule has 25 heavy (non-hydrogen) atoms. The molecule has 1 aromatic carbocycles. The Hall–Kier alpha value is -1.73. The normalized spacial score (nSPS) is 18.6. The molecule has 0 spiro atoms. The Bertz CT molecular complexity index is 908. The first kappa shape index (κ1) is 19.6. The van der Waals surface area contributed by atoms with E-state index in [1.165, 1.54) is 31.8 Å². The standard InChI is InChI=1S/C18H22O5S2/c1-11-12(9-10-15(25(4,5)22)18(11)24(3)21)17(20)16-13(19)7-6-8-14(16)23-2/h9-10H,4,6-8H2,1-3,5H3. The van der Waals surface area contributed by atoms with E-state index in [0.717, 1.165) is 0 Å². The van der Waals surface area contributed by atoms with Crippen molar-refractivity contribution < 1.29 is 22.7 Å². The molecule has 1 aromatic rings. The highest BCUT2D eigenvalue weighted by Gasteiger charge is 2.30. The van der Waals surface area contributed by atoms with Crippen LogP contribution in [-0.2, 0) is 29.9 Å². The molecule has 0 radical (unpaired) electrons. The van der Waals surface area contributed by atoms with E-state index in [1.807, 2.05) is 0 Å². The van der Waals surface area contributed by atoms with Gasteiger partial charge in [-0.2, -0.15) is 0 Å². The van der Waals surface area contributed by atoms with Gasteiger partial charge in [-0.15, -0.1) is 0 Å². The Balaban J connectivity index is 2.70. The summed E-state index contributed by atoms with van der Waals surface area (Å²) in [6.07, 6.45) is 4.43. The summed E-state index contributed by atoms with van der Waals surface area (Å²) in [6.45, 7) is 1.65. The van der Waals surface area contributed by atoms with E-state index in [0.29, 0.717) is 40.4 Å². The van der Waals surface area contributed by atoms with Gasteiger partial charge < -0.3 is 4.74 Å². The van der Waals surface area contributed by atoms with Gasteiger partial charge in [0.1, 0.15) is 11.3 Å². The second kappa shape index (κ2) is 7.25. The van der Waals surface area contributed by atoms with Gasteiger partial charge in [-0.05, 0) is 46.4 Å². The average molecular weight is 383 g/mol. The number of rotatable bonds is 5. The third kappa shape index (κ3) is 3.77. The van der Waals surface area contributed by atoms with Crippen molar-refractivity contribution in [2.75, 3.05) is 19.6 Å². The predicted octanol–water partition coefficient (Wildman–Crippen LogP) is 2.27. The number of carbonyl (C=O) groups is 2. The molecule has 0 amide bonds. The van der Waals surface area contributed by atoms with Crippen LogP contribution in [0, 0.1) is 6.92 Å². The summed E-state index contributed by atoms with van der Waals surface area (Å²) in [7, 11) is -2.61. The second-order valence-corrected chi connectivity index (χ2v) is 9.90. The molecule has 1 aliphatic carbocycles. The maximum absolute atomic E-state index is 13.0. The smallest absolute Gasteiger partial charge is 0.200 e. The van der Waals surface area contributed by atoms with Gasteiger partial charge in [0.2, 0.25) is 0 Å². The molecule has 5 nitrogen and oxygen atoms in total. The number of benzene rings is 1. The lowest BCUT2D eigenvalue weighted by Gasteiger charge is -2.19. The van der Waals surface area contributed by atoms with Crippen molar-refractivity contribution in [3.63, 3.8) is 0 Å². The molecule has 0 aliphatic heterocycles. The maximum Gasteiger partial charge on any atom is 0.200 e. The lowest BCUT2D eigenvalue weighted by Crippen LogP contribution is -2.21. The Morgan fingerprint density at radius 3 is 2.48 bits per heavy atom. The number of methoxy groups -OCH3 is 1. The van der Waals surface area contributed by atoms with E-state index >= 15 is 0 Å². The summed E-state index contributed by atoms with van der Waals surface area (Å²) in [5.74, 6) is 3.36. The highest BCUT2D eigenvalue weighted by molar-refractivity contribution is 8.00. The molecular weight excluding hydrogens is 360 g/mol. The first-order chi connectivity index (χ1) is 11.6. The van der Waals surface area contributed by atoms with Gasteiger partial charge in [0, 0.05) is 35.8 Å². The van der Waals surface area contributed by atoms with Gasteiger partial charge >= 0.3 is 0 Å². The molecule has 0 bridgehead atoms. The first-order valence-electron chi connectivity index (χ1n) is 7.74. The topological polar surface area (TPSA) is 77.5 Å². The SMILES string of the molecule is C=S(C)(=O)c1ccc(C(=O)C2=C(OC)CCCC2=O)c(C)c1S(C)=O. The predicted molar refractivity (Wildman–Crippen MR) is 100 cm³/mol. The van der Waals surface area contributed by atoms with Crippen LogP contribution < -0.4 is 0 Å². The van der Waals surface area contributed by atoms with Crippen molar-refractivity contribution in [2.45, 2.75) is 36.0 Å². The summed E-state index contributed by atoms with van der Waals surface area (Å²) < 4.78 is 29.8. The fourth-order valence-electron chi connectivity index (χ4n) is 3.02. The number of ketones is 2. The molecule has 1 aliphatic rings. The Labute approximate surface area is 150 Å². The van der Waals surface area contributed by atoms with Crippen molar-refractivity contribution in [1.29, 1.82) is 0 Å². The van der Waals surface area contributed by atoms with Crippen LogP contribution in [0.2, 0.25) is 0 Å². The van der Waals surface area contributed by atoms with E-state index in [4.69, 9.17) is 4.74 Å². The lowest BCUT2D eigenvalue weighted by molar-refractivity contribution is -0.116. The number of allylic oxidation sites excluding steroid dienone is 2. The third-order valence-electron chi connectivity index (χ3n) is 4.21. The first-order valence-corrected chi connectivity index (χ1v) is 11.4. The second-order valence-electron chi connectivity index (χ2n) is 6.13. The van der Waals surface area contributed by atoms with Crippen LogP contribution in [0.15, 0.2) is 33.3 Å². The zero-order valence-electron chi connectivity index (χ0n) is 14.8. The lowest BCUT2D eigenvalue weighted by atomic mass is 9.89. The number of hydrogen-bond acceptors (Lipinski definition) is 5. The molecule has 2 unspecified atom stereocenters. The highest BCUT2D eigenvalue weighted by Crippen LogP contribution is 2.30. The van der Waals surface area contributed by atoms with E-state index in [9.17, 15) is 18.0 Å². The minimum Gasteiger partial charge on any atom is -0.500 e. The molecule has 0 saturated heterocycles. The van der Waals surface area contributed by atoms with E-state index in [-0.39, 0.29) is 16.9 Å². The molecule has 0 fully saturated rings. The van der Waals surface area contributed by atoms with Crippen LogP contribution in [0.25, 0.3) is 0 Å². The van der Waals surface area contributed by atoms with Crippen molar-refractivity contribution in [2.24, 2.45) is 0 Å².